The Morgan fingerprint density at radius 2 is 1.52 bits per heavy atom. The Morgan fingerprint density at radius 3 is 2.09 bits per heavy atom. The van der Waals surface area contributed by atoms with Gasteiger partial charge in [0.1, 0.15) is 6.61 Å². The fourth-order valence-corrected chi connectivity index (χ4v) is 5.32. The first-order valence-electron chi connectivity index (χ1n) is 11.5. The highest BCUT2D eigenvalue weighted by molar-refractivity contribution is 5.81. The van der Waals surface area contributed by atoms with Gasteiger partial charge in [-0.05, 0) is 47.9 Å². The highest BCUT2D eigenvalue weighted by Gasteiger charge is 2.43. The van der Waals surface area contributed by atoms with Crippen LogP contribution < -0.4 is 5.32 Å². The number of carbonyl (C=O) groups is 3. The Balaban J connectivity index is 1.09. The maximum Gasteiger partial charge on any atom is 0.407 e. The summed E-state index contributed by atoms with van der Waals surface area (Å²) in [4.78, 5) is 37.7. The first kappa shape index (κ1) is 21.5. The number of nitrogens with zero attached hydrogens (tertiary/aromatic N) is 1. The predicted molar refractivity (Wildman–Crippen MR) is 122 cm³/mol. The number of carboxylic acid groups (broad SMARTS) is 1. The van der Waals surface area contributed by atoms with Crippen molar-refractivity contribution in [3.8, 4) is 11.1 Å². The Bertz CT molecular complexity index is 1040. The van der Waals surface area contributed by atoms with Crippen molar-refractivity contribution in [3.05, 3.63) is 59.7 Å². The molecule has 0 aliphatic heterocycles. The average molecular weight is 449 g/mol. The highest BCUT2D eigenvalue weighted by Crippen LogP contribution is 2.44. The summed E-state index contributed by atoms with van der Waals surface area (Å²) in [6.07, 6.45) is 1.76. The molecule has 0 radical (unpaired) electrons. The molecule has 0 spiro atoms. The molecule has 2 N–H and O–H groups in total. The van der Waals surface area contributed by atoms with Crippen LogP contribution in [-0.4, -0.2) is 53.7 Å². The summed E-state index contributed by atoms with van der Waals surface area (Å²) in [5.41, 5.74) is 4.72. The Hall–Kier alpha value is -3.35. The topological polar surface area (TPSA) is 95.9 Å². The number of carbonyl (C=O) groups excluding carboxylic acids is 2. The van der Waals surface area contributed by atoms with E-state index in [2.05, 4.69) is 29.6 Å². The minimum atomic E-state index is -0.789. The average Bonchev–Trinajstić information content (AvgIpc) is 3.06. The van der Waals surface area contributed by atoms with Crippen molar-refractivity contribution >= 4 is 18.0 Å². The van der Waals surface area contributed by atoms with Crippen LogP contribution in [0.5, 0.6) is 0 Å². The molecule has 2 aromatic carbocycles. The zero-order valence-electron chi connectivity index (χ0n) is 18.6. The fourth-order valence-electron chi connectivity index (χ4n) is 5.32. The lowest BCUT2D eigenvalue weighted by Gasteiger charge is -2.43. The molecule has 7 nitrogen and oxygen atoms in total. The highest BCUT2D eigenvalue weighted by atomic mass is 16.5. The van der Waals surface area contributed by atoms with Crippen LogP contribution in [0.25, 0.3) is 11.1 Å². The van der Waals surface area contributed by atoms with Crippen molar-refractivity contribution in [1.82, 2.24) is 10.2 Å². The predicted octanol–water partition coefficient (Wildman–Crippen LogP) is 3.63. The molecule has 0 heterocycles. The number of rotatable bonds is 6. The molecule has 3 aliphatic rings. The molecule has 0 unspecified atom stereocenters. The van der Waals surface area contributed by atoms with Gasteiger partial charge in [-0.3, -0.25) is 9.59 Å². The number of aliphatic carboxylic acids is 1. The molecular weight excluding hydrogens is 420 g/mol. The second kappa shape index (κ2) is 8.54. The van der Waals surface area contributed by atoms with E-state index in [1.165, 1.54) is 22.3 Å². The smallest absolute Gasteiger partial charge is 0.407 e. The van der Waals surface area contributed by atoms with Gasteiger partial charge in [0.25, 0.3) is 0 Å². The third kappa shape index (κ3) is 3.96. The van der Waals surface area contributed by atoms with Gasteiger partial charge in [-0.15, -0.1) is 0 Å². The van der Waals surface area contributed by atoms with E-state index in [1.807, 2.05) is 24.3 Å². The Labute approximate surface area is 192 Å². The van der Waals surface area contributed by atoms with E-state index in [-0.39, 0.29) is 42.4 Å². The van der Waals surface area contributed by atoms with E-state index in [0.717, 1.165) is 0 Å². The summed E-state index contributed by atoms with van der Waals surface area (Å²) in [5.74, 6) is -1.20. The van der Waals surface area contributed by atoms with E-state index >= 15 is 0 Å². The monoisotopic (exact) mass is 448 g/mol. The molecular formula is C26H28N2O5. The van der Waals surface area contributed by atoms with Gasteiger partial charge in [0.2, 0.25) is 5.91 Å². The molecule has 0 bridgehead atoms. The number of ether oxygens (including phenoxy) is 1. The normalized spacial score (nSPS) is 25.1. The third-order valence-corrected chi connectivity index (χ3v) is 7.51. The fraction of sp³-hybridized carbons (Fsp3) is 0.423. The first-order valence-corrected chi connectivity index (χ1v) is 11.5. The third-order valence-electron chi connectivity index (χ3n) is 7.51. The number of alkyl carbamates (subject to hydrolysis) is 1. The number of amides is 2. The van der Waals surface area contributed by atoms with Crippen LogP contribution in [0.2, 0.25) is 0 Å². The van der Waals surface area contributed by atoms with Crippen molar-refractivity contribution in [2.75, 3.05) is 13.7 Å². The Morgan fingerprint density at radius 1 is 0.939 bits per heavy atom. The molecule has 33 heavy (non-hydrogen) atoms. The molecule has 0 atom stereocenters. The molecule has 5 rings (SSSR count). The van der Waals surface area contributed by atoms with Crippen molar-refractivity contribution < 1.29 is 24.2 Å². The number of carboxylic acids is 1. The van der Waals surface area contributed by atoms with Gasteiger partial charge >= 0.3 is 12.1 Å². The number of hydrogen-bond donors (Lipinski definition) is 2. The van der Waals surface area contributed by atoms with Crippen LogP contribution in [0, 0.1) is 11.8 Å². The summed E-state index contributed by atoms with van der Waals surface area (Å²) in [7, 11) is 1.75. The molecule has 0 aromatic heterocycles. The first-order chi connectivity index (χ1) is 15.9. The molecule has 2 aromatic rings. The quantitative estimate of drug-likeness (QED) is 0.704. The van der Waals surface area contributed by atoms with E-state index in [4.69, 9.17) is 9.84 Å². The summed E-state index contributed by atoms with van der Waals surface area (Å²) < 4.78 is 5.59. The lowest BCUT2D eigenvalue weighted by molar-refractivity contribution is -0.152. The molecule has 172 valence electrons. The van der Waals surface area contributed by atoms with Gasteiger partial charge in [0, 0.05) is 31.0 Å². The van der Waals surface area contributed by atoms with Crippen LogP contribution in [-0.2, 0) is 14.3 Å². The van der Waals surface area contributed by atoms with E-state index in [9.17, 15) is 14.4 Å². The number of benzene rings is 2. The molecule has 2 fully saturated rings. The van der Waals surface area contributed by atoms with E-state index in [1.54, 1.807) is 11.9 Å². The van der Waals surface area contributed by atoms with Gasteiger partial charge in [-0.2, -0.15) is 0 Å². The summed E-state index contributed by atoms with van der Waals surface area (Å²) >= 11 is 0. The molecule has 2 amide bonds. The zero-order chi connectivity index (χ0) is 23.1. The lowest BCUT2D eigenvalue weighted by atomic mass is 9.76. The zero-order valence-corrected chi connectivity index (χ0v) is 18.6. The second-order valence-electron chi connectivity index (χ2n) is 9.44. The largest absolute Gasteiger partial charge is 0.481 e. The lowest BCUT2D eigenvalue weighted by Crippen LogP contribution is -2.54. The molecule has 2 saturated carbocycles. The molecule has 0 saturated heterocycles. The minimum Gasteiger partial charge on any atom is -0.481 e. The standard InChI is InChI=1S/C26H28N2O5/c1-28(18-12-16(13-18)25(30)31)24(29)15-10-17(11-15)27-26(32)33-14-23-21-8-4-2-6-19(21)20-7-3-5-9-22(20)23/h2-9,15-18,23H,10-14H2,1H3,(H,27,32)(H,30,31). The SMILES string of the molecule is CN(C(=O)C1CC(NC(=O)OCC2c3ccccc3-c3ccccc32)C1)C1CC(C(=O)O)C1. The van der Waals surface area contributed by atoms with Crippen molar-refractivity contribution in [2.45, 2.75) is 43.7 Å². The number of fused-ring (bicyclic) bond motifs is 3. The number of hydrogen-bond acceptors (Lipinski definition) is 4. The van der Waals surface area contributed by atoms with Crippen LogP contribution in [0.4, 0.5) is 4.79 Å². The van der Waals surface area contributed by atoms with E-state index < -0.39 is 12.1 Å². The summed E-state index contributed by atoms with van der Waals surface area (Å²) in [6.45, 7) is 0.268. The molecule has 3 aliphatic carbocycles. The van der Waals surface area contributed by atoms with Crippen LogP contribution in [0.3, 0.4) is 0 Å². The maximum atomic E-state index is 12.6. The molecule has 7 heteroatoms. The van der Waals surface area contributed by atoms with Crippen molar-refractivity contribution in [1.29, 1.82) is 0 Å². The van der Waals surface area contributed by atoms with Crippen LogP contribution >= 0.6 is 0 Å². The van der Waals surface area contributed by atoms with Gasteiger partial charge in [-0.1, -0.05) is 48.5 Å². The van der Waals surface area contributed by atoms with Crippen LogP contribution in [0.1, 0.15) is 42.7 Å². The summed E-state index contributed by atoms with van der Waals surface area (Å²) in [5, 5.41) is 11.9. The Kier molecular flexibility index (Phi) is 5.56. The summed E-state index contributed by atoms with van der Waals surface area (Å²) in [6, 6.07) is 16.4. The van der Waals surface area contributed by atoms with Crippen molar-refractivity contribution in [3.63, 3.8) is 0 Å². The van der Waals surface area contributed by atoms with Gasteiger partial charge in [-0.25, -0.2) is 4.79 Å². The van der Waals surface area contributed by atoms with Crippen molar-refractivity contribution in [2.24, 2.45) is 11.8 Å². The maximum absolute atomic E-state index is 12.6. The number of nitrogens with one attached hydrogen (secondary N) is 1. The van der Waals surface area contributed by atoms with Gasteiger partial charge in [0.15, 0.2) is 0 Å². The van der Waals surface area contributed by atoms with Crippen LogP contribution in [0.15, 0.2) is 48.5 Å². The second-order valence-corrected chi connectivity index (χ2v) is 9.44. The van der Waals surface area contributed by atoms with E-state index in [0.29, 0.717) is 25.7 Å². The van der Waals surface area contributed by atoms with Gasteiger partial charge < -0.3 is 20.1 Å². The minimum absolute atomic E-state index is 0.00717. The van der Waals surface area contributed by atoms with Gasteiger partial charge in [0.05, 0.1) is 5.92 Å².